The van der Waals surface area contributed by atoms with Crippen molar-refractivity contribution < 1.29 is 32.2 Å². The Labute approximate surface area is 215 Å². The molecular weight excluding hydrogens is 531 g/mol. The molecule has 2 amide bonds. The van der Waals surface area contributed by atoms with Gasteiger partial charge in [-0.2, -0.15) is 13.2 Å². The highest BCUT2D eigenvalue weighted by atomic mass is 32.1. The number of carbonyl (C=O) groups excluding carboxylic acids is 1. The van der Waals surface area contributed by atoms with Crippen molar-refractivity contribution in [2.45, 2.75) is 26.1 Å². The molecule has 0 fully saturated rings. The number of anilines is 1. The molecule has 0 radical (unpaired) electrons. The quantitative estimate of drug-likeness (QED) is 0.256. The fourth-order valence-electron chi connectivity index (χ4n) is 3.19. The maximum absolute atomic E-state index is 13.3. The van der Waals surface area contributed by atoms with Crippen LogP contribution >= 0.6 is 11.3 Å². The average molecular weight is 552 g/mol. The summed E-state index contributed by atoms with van der Waals surface area (Å²) >= 11 is 0.739. The smallest absolute Gasteiger partial charge is 0.434 e. The molecule has 4 N–H and O–H groups in total. The number of thiazole rings is 1. The van der Waals surface area contributed by atoms with E-state index in [9.17, 15) is 27.9 Å². The van der Waals surface area contributed by atoms with Crippen LogP contribution in [0.1, 0.15) is 19.5 Å². The summed E-state index contributed by atoms with van der Waals surface area (Å²) < 4.78 is 50.6. The van der Waals surface area contributed by atoms with Crippen LogP contribution in [0, 0.1) is 0 Å². The lowest BCUT2D eigenvalue weighted by Gasteiger charge is -2.15. The topological polar surface area (TPSA) is 168 Å². The van der Waals surface area contributed by atoms with Gasteiger partial charge in [-0.05, 0) is 26.0 Å². The molecule has 0 bridgehead atoms. The van der Waals surface area contributed by atoms with Crippen LogP contribution in [0.4, 0.5) is 23.8 Å². The van der Waals surface area contributed by atoms with Crippen LogP contribution < -0.4 is 21.1 Å². The van der Waals surface area contributed by atoms with Gasteiger partial charge >= 0.3 is 18.0 Å². The van der Waals surface area contributed by atoms with E-state index in [0.717, 1.165) is 16.7 Å². The van der Waals surface area contributed by atoms with E-state index in [1.54, 1.807) is 6.92 Å². The van der Waals surface area contributed by atoms with Gasteiger partial charge in [-0.15, -0.1) is 16.4 Å². The van der Waals surface area contributed by atoms with Crippen molar-refractivity contribution in [3.8, 4) is 39.0 Å². The van der Waals surface area contributed by atoms with E-state index in [0.29, 0.717) is 6.54 Å². The second-order valence-corrected chi connectivity index (χ2v) is 8.65. The van der Waals surface area contributed by atoms with Crippen LogP contribution in [-0.2, 0) is 6.18 Å². The molecule has 1 atom stereocenters. The number of H-pyrrole nitrogens is 1. The van der Waals surface area contributed by atoms with Gasteiger partial charge in [-0.25, -0.2) is 29.6 Å². The predicted octanol–water partition coefficient (Wildman–Crippen LogP) is 3.53. The van der Waals surface area contributed by atoms with Crippen LogP contribution in [0.15, 0.2) is 39.1 Å². The standard InChI is InChI=1S/C22H20F3N7O5S/c1-3-26-20(34)30-16-5-13(19-29-15(9-38-19)22(23,24)25)14(7-27-16)12-4-11(17-31-32-21(35)37-17)6-28-18(12)36-8-10(2)33/h4-7,9-10,33H,3,8H2,1-2H3,(H,32,35)(H2,26,27,30,34)/t10-/m1/s1. The van der Waals surface area contributed by atoms with E-state index in [-0.39, 0.29) is 51.5 Å². The molecule has 0 aliphatic carbocycles. The molecule has 4 aromatic heterocycles. The largest absolute Gasteiger partial charge is 0.474 e. The molecule has 4 aromatic rings. The summed E-state index contributed by atoms with van der Waals surface area (Å²) in [6.07, 6.45) is -2.91. The lowest BCUT2D eigenvalue weighted by atomic mass is 10.0. The highest BCUT2D eigenvalue weighted by Crippen LogP contribution is 2.41. The minimum absolute atomic E-state index is 0.00705. The number of ether oxygens (including phenoxy) is 1. The number of hydrogen-bond donors (Lipinski definition) is 4. The number of amides is 2. The fourth-order valence-corrected chi connectivity index (χ4v) is 4.05. The summed E-state index contributed by atoms with van der Waals surface area (Å²) in [6, 6.07) is 2.29. The van der Waals surface area contributed by atoms with Crippen molar-refractivity contribution in [3.05, 3.63) is 46.2 Å². The molecular formula is C22H20F3N7O5S. The minimum atomic E-state index is -4.67. The van der Waals surface area contributed by atoms with Crippen LogP contribution in [0.3, 0.4) is 0 Å². The molecule has 16 heteroatoms. The number of carbonyl (C=O) groups is 1. The first kappa shape index (κ1) is 26.7. The third-order valence-electron chi connectivity index (χ3n) is 4.80. The number of hydrogen-bond acceptors (Lipinski definition) is 10. The Morgan fingerprint density at radius 3 is 2.66 bits per heavy atom. The molecule has 0 saturated heterocycles. The number of aromatic amines is 1. The summed E-state index contributed by atoms with van der Waals surface area (Å²) in [4.78, 5) is 35.7. The van der Waals surface area contributed by atoms with Gasteiger partial charge in [0, 0.05) is 41.0 Å². The van der Waals surface area contributed by atoms with E-state index in [2.05, 4.69) is 35.8 Å². The second kappa shape index (κ2) is 11.0. The summed E-state index contributed by atoms with van der Waals surface area (Å²) in [5.74, 6) is -0.843. The Bertz CT molecular complexity index is 1500. The van der Waals surface area contributed by atoms with Crippen molar-refractivity contribution in [3.63, 3.8) is 0 Å². The zero-order valence-electron chi connectivity index (χ0n) is 19.8. The zero-order chi connectivity index (χ0) is 27.4. The number of halogens is 3. The van der Waals surface area contributed by atoms with Gasteiger partial charge in [0.25, 0.3) is 5.89 Å². The van der Waals surface area contributed by atoms with Crippen molar-refractivity contribution in [2.24, 2.45) is 0 Å². The first-order chi connectivity index (χ1) is 18.0. The molecule has 0 aliphatic rings. The number of nitrogens with one attached hydrogen (secondary N) is 3. The molecule has 200 valence electrons. The molecule has 12 nitrogen and oxygen atoms in total. The van der Waals surface area contributed by atoms with Crippen LogP contribution in [0.5, 0.6) is 5.88 Å². The first-order valence-electron chi connectivity index (χ1n) is 11.0. The summed E-state index contributed by atoms with van der Waals surface area (Å²) in [5.41, 5.74) is -0.203. The van der Waals surface area contributed by atoms with Crippen molar-refractivity contribution in [2.75, 3.05) is 18.5 Å². The van der Waals surface area contributed by atoms with Crippen LogP contribution in [-0.4, -0.2) is 55.5 Å². The zero-order valence-corrected chi connectivity index (χ0v) is 20.6. The van der Waals surface area contributed by atoms with Crippen molar-refractivity contribution in [1.82, 2.24) is 30.5 Å². The fraction of sp³-hybridized carbons (Fsp3) is 0.273. The first-order valence-corrected chi connectivity index (χ1v) is 11.9. The van der Waals surface area contributed by atoms with E-state index < -0.39 is 29.8 Å². The number of aliphatic hydroxyl groups is 1. The number of urea groups is 1. The lowest BCUT2D eigenvalue weighted by Crippen LogP contribution is -2.28. The molecule has 0 unspecified atom stereocenters. The number of pyridine rings is 2. The summed E-state index contributed by atoms with van der Waals surface area (Å²) in [7, 11) is 0. The number of aliphatic hydroxyl groups excluding tert-OH is 1. The van der Waals surface area contributed by atoms with Gasteiger partial charge in [0.15, 0.2) is 5.69 Å². The molecule has 4 rings (SSSR count). The predicted molar refractivity (Wildman–Crippen MR) is 130 cm³/mol. The maximum Gasteiger partial charge on any atom is 0.434 e. The van der Waals surface area contributed by atoms with Gasteiger partial charge in [-0.3, -0.25) is 5.32 Å². The maximum atomic E-state index is 13.3. The van der Waals surface area contributed by atoms with E-state index in [1.807, 2.05) is 0 Å². The summed E-state index contributed by atoms with van der Waals surface area (Å²) in [6.45, 7) is 3.40. The number of aromatic nitrogens is 5. The molecule has 0 aromatic carbocycles. The average Bonchev–Trinajstić information content (AvgIpc) is 3.52. The van der Waals surface area contributed by atoms with Gasteiger partial charge in [0.05, 0.1) is 11.7 Å². The van der Waals surface area contributed by atoms with Gasteiger partial charge in [0.2, 0.25) is 5.88 Å². The minimum Gasteiger partial charge on any atom is -0.474 e. The lowest BCUT2D eigenvalue weighted by molar-refractivity contribution is -0.140. The Morgan fingerprint density at radius 1 is 1.24 bits per heavy atom. The highest BCUT2D eigenvalue weighted by molar-refractivity contribution is 7.13. The van der Waals surface area contributed by atoms with Gasteiger partial charge in [0.1, 0.15) is 17.4 Å². The molecule has 0 spiro atoms. The van der Waals surface area contributed by atoms with Crippen LogP contribution in [0.25, 0.3) is 33.2 Å². The monoisotopic (exact) mass is 551 g/mol. The molecule has 4 heterocycles. The van der Waals surface area contributed by atoms with E-state index >= 15 is 0 Å². The number of rotatable bonds is 8. The normalized spacial score (nSPS) is 12.3. The second-order valence-electron chi connectivity index (χ2n) is 7.79. The number of alkyl halides is 3. The van der Waals surface area contributed by atoms with Crippen molar-refractivity contribution in [1.29, 1.82) is 0 Å². The third-order valence-corrected chi connectivity index (χ3v) is 5.67. The molecule has 38 heavy (non-hydrogen) atoms. The van der Waals surface area contributed by atoms with E-state index in [1.165, 1.54) is 31.5 Å². The van der Waals surface area contributed by atoms with Crippen LogP contribution in [0.2, 0.25) is 0 Å². The Hall–Kier alpha value is -4.31. The Balaban J connectivity index is 1.90. The molecule has 0 saturated carbocycles. The summed E-state index contributed by atoms with van der Waals surface area (Å²) in [5, 5.41) is 21.5. The third kappa shape index (κ3) is 6.15. The number of nitrogens with zero attached hydrogens (tertiary/aromatic N) is 4. The highest BCUT2D eigenvalue weighted by Gasteiger charge is 2.34. The van der Waals surface area contributed by atoms with Gasteiger partial charge in [-0.1, -0.05) is 0 Å². The SMILES string of the molecule is CCNC(=O)Nc1cc(-c2nc(C(F)(F)F)cs2)c(-c2cc(-c3n[nH]c(=O)o3)cnc2OC[C@@H](C)O)cn1. The van der Waals surface area contributed by atoms with E-state index in [4.69, 9.17) is 9.15 Å². The molecule has 0 aliphatic heterocycles. The Kier molecular flexibility index (Phi) is 7.72. The van der Waals surface area contributed by atoms with Crippen molar-refractivity contribution >= 4 is 23.2 Å². The Morgan fingerprint density at radius 2 is 2.03 bits per heavy atom. The van der Waals surface area contributed by atoms with Gasteiger partial charge < -0.3 is 19.6 Å².